The van der Waals surface area contributed by atoms with Crippen LogP contribution < -0.4 is 10.1 Å². The van der Waals surface area contributed by atoms with E-state index in [0.717, 1.165) is 29.6 Å². The molecule has 3 aromatic carbocycles. The summed E-state index contributed by atoms with van der Waals surface area (Å²) < 4.78 is 33.1. The fourth-order valence-electron chi connectivity index (χ4n) is 5.60. The number of hydrogen-bond acceptors (Lipinski definition) is 8. The molecular formula is C34H39ClN4O4S. The fraction of sp³-hybridized carbons (Fsp3) is 0.382. The van der Waals surface area contributed by atoms with Crippen molar-refractivity contribution in [1.29, 1.82) is 0 Å². The van der Waals surface area contributed by atoms with Crippen LogP contribution in [0.3, 0.4) is 0 Å². The number of nitrogens with zero attached hydrogens (tertiary/aromatic N) is 3. The van der Waals surface area contributed by atoms with Crippen LogP contribution in [0.4, 0.5) is 11.5 Å². The largest absolute Gasteiger partial charge is 0.497 e. The number of Topliss-reactive ketones (excluding diaryl/α,β-unsaturated/α-hetero) is 1. The van der Waals surface area contributed by atoms with E-state index in [1.54, 1.807) is 43.5 Å². The Morgan fingerprint density at radius 2 is 1.82 bits per heavy atom. The third kappa shape index (κ3) is 7.39. The molecule has 0 bridgehead atoms. The van der Waals surface area contributed by atoms with Crippen LogP contribution in [0, 0.1) is 5.92 Å². The first kappa shape index (κ1) is 31.9. The lowest BCUT2D eigenvalue weighted by molar-refractivity contribution is -0.119. The molecule has 1 saturated carbocycles. The molecule has 1 fully saturated rings. The highest BCUT2D eigenvalue weighted by Crippen LogP contribution is 2.40. The molecule has 5 rings (SSSR count). The summed E-state index contributed by atoms with van der Waals surface area (Å²) in [5, 5.41) is 3.33. The van der Waals surface area contributed by atoms with Gasteiger partial charge in [0.25, 0.3) is 0 Å². The maximum Gasteiger partial charge on any atom is 0.181 e. The van der Waals surface area contributed by atoms with Gasteiger partial charge in [-0.25, -0.2) is 18.4 Å². The molecule has 44 heavy (non-hydrogen) atoms. The molecular weight excluding hydrogens is 596 g/mol. The summed E-state index contributed by atoms with van der Waals surface area (Å²) in [5.41, 5.74) is 3.73. The normalized spacial score (nSPS) is 16.6. The van der Waals surface area contributed by atoms with Gasteiger partial charge in [0.1, 0.15) is 11.5 Å². The van der Waals surface area contributed by atoms with Crippen molar-refractivity contribution in [3.8, 4) is 5.75 Å². The number of ketones is 1. The van der Waals surface area contributed by atoms with Gasteiger partial charge in [-0.2, -0.15) is 0 Å². The number of benzene rings is 3. The number of carbonyl (C=O) groups is 1. The van der Waals surface area contributed by atoms with Crippen molar-refractivity contribution in [1.82, 2.24) is 14.9 Å². The van der Waals surface area contributed by atoms with Crippen molar-refractivity contribution in [2.24, 2.45) is 5.92 Å². The van der Waals surface area contributed by atoms with E-state index in [1.807, 2.05) is 49.2 Å². The van der Waals surface area contributed by atoms with Gasteiger partial charge in [0.2, 0.25) is 0 Å². The Morgan fingerprint density at radius 3 is 2.52 bits per heavy atom. The number of halogens is 1. The highest BCUT2D eigenvalue weighted by atomic mass is 35.5. The van der Waals surface area contributed by atoms with E-state index < -0.39 is 15.1 Å². The molecule has 0 aliphatic heterocycles. The number of aromatic nitrogens is 2. The zero-order valence-corrected chi connectivity index (χ0v) is 27.0. The number of methoxy groups -OCH3 is 1. The van der Waals surface area contributed by atoms with E-state index in [9.17, 15) is 13.2 Å². The number of fused-ring (bicyclic) bond motifs is 1. The molecule has 1 aliphatic carbocycles. The van der Waals surface area contributed by atoms with Gasteiger partial charge in [0.05, 0.1) is 51.2 Å². The monoisotopic (exact) mass is 634 g/mol. The lowest BCUT2D eigenvalue weighted by atomic mass is 9.81. The van der Waals surface area contributed by atoms with E-state index in [1.165, 1.54) is 0 Å². The van der Waals surface area contributed by atoms with Gasteiger partial charge in [0.15, 0.2) is 15.7 Å². The quantitative estimate of drug-likeness (QED) is 0.164. The minimum absolute atomic E-state index is 0.103. The number of likely N-dealkylation sites (N-methyl/N-ethyl adjacent to an activating group) is 1. The number of rotatable bonds is 14. The van der Waals surface area contributed by atoms with Crippen molar-refractivity contribution in [3.63, 3.8) is 0 Å². The van der Waals surface area contributed by atoms with Crippen LogP contribution >= 0.6 is 11.6 Å². The van der Waals surface area contributed by atoms with Crippen LogP contribution in [0.2, 0.25) is 5.02 Å². The average Bonchev–Trinajstić information content (AvgIpc) is 3.00. The zero-order chi connectivity index (χ0) is 31.3. The summed E-state index contributed by atoms with van der Waals surface area (Å²) in [6.45, 7) is 3.30. The zero-order valence-electron chi connectivity index (χ0n) is 25.4. The summed E-state index contributed by atoms with van der Waals surface area (Å²) >= 11 is 6.49. The number of sulfone groups is 1. The summed E-state index contributed by atoms with van der Waals surface area (Å²) in [6.07, 6.45) is 3.68. The van der Waals surface area contributed by atoms with Crippen molar-refractivity contribution < 1.29 is 17.9 Å². The maximum atomic E-state index is 13.9. The number of anilines is 2. The highest BCUT2D eigenvalue weighted by Gasteiger charge is 2.42. The van der Waals surface area contributed by atoms with Crippen molar-refractivity contribution in [3.05, 3.63) is 83.0 Å². The predicted molar refractivity (Wildman–Crippen MR) is 176 cm³/mol. The topological polar surface area (TPSA) is 101 Å². The number of para-hydroxylation sites is 2. The second-order valence-electron chi connectivity index (χ2n) is 11.5. The van der Waals surface area contributed by atoms with Crippen LogP contribution in [0.15, 0.2) is 71.6 Å². The first-order valence-corrected chi connectivity index (χ1v) is 17.0. The predicted octanol–water partition coefficient (Wildman–Crippen LogP) is 6.67. The van der Waals surface area contributed by atoms with E-state index in [-0.39, 0.29) is 11.7 Å². The second kappa shape index (κ2) is 14.1. The van der Waals surface area contributed by atoms with Gasteiger partial charge in [-0.1, -0.05) is 42.8 Å². The molecule has 0 spiro atoms. The van der Waals surface area contributed by atoms with Crippen LogP contribution in [-0.2, 0) is 27.5 Å². The van der Waals surface area contributed by atoms with Gasteiger partial charge in [-0.15, -0.1) is 0 Å². The lowest BCUT2D eigenvalue weighted by Crippen LogP contribution is -2.40. The second-order valence-corrected chi connectivity index (χ2v) is 14.0. The Hall–Kier alpha value is -3.53. The van der Waals surface area contributed by atoms with Crippen molar-refractivity contribution >= 4 is 49.8 Å². The minimum atomic E-state index is -3.56. The molecule has 4 aromatic rings. The number of aryl methyl sites for hydroxylation is 1. The SMILES string of the molecule is CCN(C)CC(=O)CCCc1cccc(S(=O)(=O)C2CCC2Cc2nc3ccccc3nc2Nc2cc(OC)ccc2Cl)c1. The molecule has 1 N–H and O–H groups in total. The van der Waals surface area contributed by atoms with Gasteiger partial charge in [0, 0.05) is 12.5 Å². The smallest absolute Gasteiger partial charge is 0.181 e. The minimum Gasteiger partial charge on any atom is -0.497 e. The Bertz CT molecular complexity index is 1750. The van der Waals surface area contributed by atoms with Gasteiger partial charge in [-0.3, -0.25) is 9.69 Å². The Morgan fingerprint density at radius 1 is 1.05 bits per heavy atom. The van der Waals surface area contributed by atoms with Crippen LogP contribution in [0.5, 0.6) is 5.75 Å². The van der Waals surface area contributed by atoms with Crippen molar-refractivity contribution in [2.45, 2.75) is 55.6 Å². The maximum absolute atomic E-state index is 13.9. The van der Waals surface area contributed by atoms with Gasteiger partial charge >= 0.3 is 0 Å². The van der Waals surface area contributed by atoms with Crippen molar-refractivity contribution in [2.75, 3.05) is 32.6 Å². The average molecular weight is 635 g/mol. The third-order valence-electron chi connectivity index (χ3n) is 8.41. The van der Waals surface area contributed by atoms with Crippen LogP contribution in [0.1, 0.15) is 43.9 Å². The fourth-order valence-corrected chi connectivity index (χ4v) is 7.88. The first-order chi connectivity index (χ1) is 21.2. The molecule has 2 unspecified atom stereocenters. The highest BCUT2D eigenvalue weighted by molar-refractivity contribution is 7.92. The molecule has 0 saturated heterocycles. The van der Waals surface area contributed by atoms with E-state index in [4.69, 9.17) is 26.3 Å². The van der Waals surface area contributed by atoms with E-state index >= 15 is 0 Å². The Balaban J connectivity index is 1.33. The molecule has 1 aromatic heterocycles. The standard InChI is InChI=1S/C34H39ClN4O4S/c1-4-39(2)22-25(40)11-7-9-23-10-8-12-27(19-23)44(41,42)33-18-15-24(33)20-32-34(37-30-14-6-5-13-29(30)36-32)38-31-21-26(43-3)16-17-28(31)35/h5-6,8,10,12-14,16-17,19,21,24,33H,4,7,9,11,15,18,20,22H2,1-3H3,(H,37,38). The van der Waals surface area contributed by atoms with Gasteiger partial charge < -0.3 is 10.1 Å². The number of hydrogen-bond donors (Lipinski definition) is 1. The summed E-state index contributed by atoms with van der Waals surface area (Å²) in [5.74, 6) is 1.29. The van der Waals surface area contributed by atoms with Crippen LogP contribution in [-0.4, -0.2) is 61.6 Å². The van der Waals surface area contributed by atoms with Crippen LogP contribution in [0.25, 0.3) is 11.0 Å². The summed E-state index contributed by atoms with van der Waals surface area (Å²) in [4.78, 5) is 24.3. The molecule has 8 nitrogen and oxygen atoms in total. The molecule has 1 aliphatic rings. The molecule has 2 atom stereocenters. The van der Waals surface area contributed by atoms with E-state index in [0.29, 0.717) is 71.5 Å². The summed E-state index contributed by atoms with van der Waals surface area (Å²) in [7, 11) is -0.0409. The Labute approximate surface area is 264 Å². The molecule has 232 valence electrons. The number of carbonyl (C=O) groups excluding carboxylic acids is 1. The molecule has 0 radical (unpaired) electrons. The number of nitrogens with one attached hydrogen (secondary N) is 1. The number of ether oxygens (including phenoxy) is 1. The third-order valence-corrected chi connectivity index (χ3v) is 11.1. The molecule has 10 heteroatoms. The molecule has 1 heterocycles. The lowest BCUT2D eigenvalue weighted by Gasteiger charge is -2.36. The van der Waals surface area contributed by atoms with Gasteiger partial charge in [-0.05, 0) is 93.6 Å². The van der Waals surface area contributed by atoms with E-state index in [2.05, 4.69) is 5.32 Å². The first-order valence-electron chi connectivity index (χ1n) is 15.1. The Kier molecular flexibility index (Phi) is 10.2. The molecule has 0 amide bonds. The summed E-state index contributed by atoms with van der Waals surface area (Å²) in [6, 6.07) is 20.2.